The number of likely N-dealkylation sites (N-methyl/N-ethyl adjacent to an activating group) is 1. The maximum atomic E-state index is 11.7. The van der Waals surface area contributed by atoms with Crippen LogP contribution >= 0.6 is 0 Å². The van der Waals surface area contributed by atoms with E-state index in [1.165, 1.54) is 11.0 Å². The minimum atomic E-state index is -0.148. The molecule has 0 bridgehead atoms. The molecule has 5 heteroatoms. The zero-order valence-corrected chi connectivity index (χ0v) is 11.0. The molecule has 0 fully saturated rings. The van der Waals surface area contributed by atoms with E-state index in [4.69, 9.17) is 4.74 Å². The van der Waals surface area contributed by atoms with Gasteiger partial charge in [-0.3, -0.25) is 9.59 Å². The van der Waals surface area contributed by atoms with Crippen LogP contribution in [-0.4, -0.2) is 44.6 Å². The third kappa shape index (κ3) is 5.25. The number of ether oxygens (including phenoxy) is 2. The Morgan fingerprint density at radius 1 is 1.32 bits per heavy atom. The lowest BCUT2D eigenvalue weighted by atomic mass is 10.2. The number of carbonyl (C=O) groups excluding carboxylic acids is 2. The summed E-state index contributed by atoms with van der Waals surface area (Å²) in [5.74, 6) is 0.622. The van der Waals surface area contributed by atoms with Crippen LogP contribution in [0.2, 0.25) is 0 Å². The molecule has 0 aliphatic rings. The predicted octanol–water partition coefficient (Wildman–Crippen LogP) is 1.34. The molecule has 0 atom stereocenters. The van der Waals surface area contributed by atoms with Crippen LogP contribution in [0.4, 0.5) is 0 Å². The fourth-order valence-electron chi connectivity index (χ4n) is 1.36. The van der Waals surface area contributed by atoms with Gasteiger partial charge in [0.25, 0.3) is 6.47 Å². The molecule has 0 aliphatic heterocycles. The van der Waals surface area contributed by atoms with Gasteiger partial charge >= 0.3 is 0 Å². The fourth-order valence-corrected chi connectivity index (χ4v) is 1.36. The largest absolute Gasteiger partial charge is 0.497 e. The van der Waals surface area contributed by atoms with Crippen molar-refractivity contribution in [1.82, 2.24) is 4.90 Å². The van der Waals surface area contributed by atoms with Crippen molar-refractivity contribution in [3.63, 3.8) is 0 Å². The van der Waals surface area contributed by atoms with E-state index in [-0.39, 0.29) is 12.5 Å². The van der Waals surface area contributed by atoms with E-state index in [2.05, 4.69) is 4.74 Å². The Balaban J connectivity index is 2.49. The maximum absolute atomic E-state index is 11.7. The molecule has 0 saturated heterocycles. The van der Waals surface area contributed by atoms with Gasteiger partial charge in [0.05, 0.1) is 13.7 Å². The first kappa shape index (κ1) is 14.8. The number of carbonyl (C=O) groups is 2. The van der Waals surface area contributed by atoms with Crippen molar-refractivity contribution in [2.45, 2.75) is 0 Å². The summed E-state index contributed by atoms with van der Waals surface area (Å²) in [6, 6.07) is 7.37. The van der Waals surface area contributed by atoms with Crippen LogP contribution in [0.3, 0.4) is 0 Å². The number of benzene rings is 1. The summed E-state index contributed by atoms with van der Waals surface area (Å²) in [5, 5.41) is 0. The van der Waals surface area contributed by atoms with Gasteiger partial charge in [0.1, 0.15) is 12.4 Å². The summed E-state index contributed by atoms with van der Waals surface area (Å²) in [4.78, 5) is 23.1. The van der Waals surface area contributed by atoms with Crippen LogP contribution in [0, 0.1) is 0 Å². The highest BCUT2D eigenvalue weighted by Gasteiger charge is 2.03. The molecule has 19 heavy (non-hydrogen) atoms. The van der Waals surface area contributed by atoms with Crippen LogP contribution in [0.25, 0.3) is 6.08 Å². The summed E-state index contributed by atoms with van der Waals surface area (Å²) in [7, 11) is 3.25. The summed E-state index contributed by atoms with van der Waals surface area (Å²) in [5.41, 5.74) is 0.909. The van der Waals surface area contributed by atoms with Gasteiger partial charge in [0, 0.05) is 13.1 Å². The standard InChI is InChI=1S/C14H17NO4/c1-15(9-10-19-11-16)14(17)8-5-12-3-6-13(18-2)7-4-12/h3-8,11H,9-10H2,1-2H3/b8-5+. The van der Waals surface area contributed by atoms with Gasteiger partial charge in [-0.15, -0.1) is 0 Å². The Hall–Kier alpha value is -2.30. The van der Waals surface area contributed by atoms with E-state index in [1.54, 1.807) is 20.2 Å². The van der Waals surface area contributed by atoms with E-state index < -0.39 is 0 Å². The molecule has 0 unspecified atom stereocenters. The summed E-state index contributed by atoms with van der Waals surface area (Å²) in [6.45, 7) is 0.929. The molecule has 102 valence electrons. The summed E-state index contributed by atoms with van der Waals surface area (Å²) >= 11 is 0. The number of hydrogen-bond acceptors (Lipinski definition) is 4. The predicted molar refractivity (Wildman–Crippen MR) is 71.7 cm³/mol. The van der Waals surface area contributed by atoms with Crippen molar-refractivity contribution < 1.29 is 19.1 Å². The Labute approximate surface area is 112 Å². The number of nitrogens with zero attached hydrogens (tertiary/aromatic N) is 1. The van der Waals surface area contributed by atoms with Gasteiger partial charge in [0.15, 0.2) is 0 Å². The lowest BCUT2D eigenvalue weighted by Crippen LogP contribution is -2.28. The van der Waals surface area contributed by atoms with Gasteiger partial charge in [-0.2, -0.15) is 0 Å². The fraction of sp³-hybridized carbons (Fsp3) is 0.286. The molecule has 1 amide bonds. The molecule has 0 radical (unpaired) electrons. The van der Waals surface area contributed by atoms with E-state index in [0.29, 0.717) is 13.0 Å². The molecular weight excluding hydrogens is 246 g/mol. The molecule has 0 aliphatic carbocycles. The molecule has 0 saturated carbocycles. The third-order valence-electron chi connectivity index (χ3n) is 2.52. The Kier molecular flexibility index (Phi) is 6.15. The molecule has 1 rings (SSSR count). The molecule has 1 aromatic carbocycles. The van der Waals surface area contributed by atoms with Gasteiger partial charge in [-0.05, 0) is 23.8 Å². The van der Waals surface area contributed by atoms with Crippen molar-refractivity contribution in [1.29, 1.82) is 0 Å². The molecule has 0 heterocycles. The van der Waals surface area contributed by atoms with E-state index in [9.17, 15) is 9.59 Å². The first-order valence-corrected chi connectivity index (χ1v) is 5.80. The average Bonchev–Trinajstić information content (AvgIpc) is 2.45. The monoisotopic (exact) mass is 263 g/mol. The molecule has 1 aromatic rings. The van der Waals surface area contributed by atoms with Crippen LogP contribution in [0.1, 0.15) is 5.56 Å². The van der Waals surface area contributed by atoms with Gasteiger partial charge in [-0.1, -0.05) is 12.1 Å². The van der Waals surface area contributed by atoms with Crippen molar-refractivity contribution in [3.8, 4) is 5.75 Å². The molecule has 5 nitrogen and oxygen atoms in total. The van der Waals surface area contributed by atoms with Crippen molar-refractivity contribution in [2.75, 3.05) is 27.3 Å². The number of methoxy groups -OCH3 is 1. The van der Waals surface area contributed by atoms with E-state index >= 15 is 0 Å². The lowest BCUT2D eigenvalue weighted by Gasteiger charge is -2.13. The number of amides is 1. The zero-order valence-electron chi connectivity index (χ0n) is 11.0. The Bertz CT molecular complexity index is 439. The smallest absolute Gasteiger partial charge is 0.293 e. The van der Waals surface area contributed by atoms with Crippen LogP contribution in [0.15, 0.2) is 30.3 Å². The van der Waals surface area contributed by atoms with Crippen LogP contribution in [-0.2, 0) is 14.3 Å². The highest BCUT2D eigenvalue weighted by atomic mass is 16.5. The normalized spacial score (nSPS) is 10.2. The minimum absolute atomic E-state index is 0.148. The Morgan fingerprint density at radius 3 is 2.58 bits per heavy atom. The highest BCUT2D eigenvalue weighted by molar-refractivity contribution is 5.91. The average molecular weight is 263 g/mol. The second-order valence-corrected chi connectivity index (χ2v) is 3.83. The summed E-state index contributed by atoms with van der Waals surface area (Å²) in [6.07, 6.45) is 3.20. The van der Waals surface area contributed by atoms with Crippen molar-refractivity contribution in [3.05, 3.63) is 35.9 Å². The second-order valence-electron chi connectivity index (χ2n) is 3.83. The Morgan fingerprint density at radius 2 is 2.00 bits per heavy atom. The first-order valence-electron chi connectivity index (χ1n) is 5.80. The first-order chi connectivity index (χ1) is 9.17. The summed E-state index contributed by atoms with van der Waals surface area (Å²) < 4.78 is 9.58. The zero-order chi connectivity index (χ0) is 14.1. The number of hydrogen-bond donors (Lipinski definition) is 0. The van der Waals surface area contributed by atoms with Gasteiger partial charge < -0.3 is 14.4 Å². The van der Waals surface area contributed by atoms with Crippen LogP contribution in [0.5, 0.6) is 5.75 Å². The molecular formula is C14H17NO4. The third-order valence-corrected chi connectivity index (χ3v) is 2.52. The molecule has 0 N–H and O–H groups in total. The second kappa shape index (κ2) is 7.92. The van der Waals surface area contributed by atoms with Gasteiger partial charge in [0.2, 0.25) is 5.91 Å². The molecule has 0 aromatic heterocycles. The highest BCUT2D eigenvalue weighted by Crippen LogP contribution is 2.12. The van der Waals surface area contributed by atoms with Crippen molar-refractivity contribution in [2.24, 2.45) is 0 Å². The van der Waals surface area contributed by atoms with E-state index in [1.807, 2.05) is 24.3 Å². The lowest BCUT2D eigenvalue weighted by molar-refractivity contribution is -0.132. The van der Waals surface area contributed by atoms with Crippen molar-refractivity contribution >= 4 is 18.5 Å². The van der Waals surface area contributed by atoms with Crippen LogP contribution < -0.4 is 4.74 Å². The molecule has 0 spiro atoms. The van der Waals surface area contributed by atoms with E-state index in [0.717, 1.165) is 11.3 Å². The SMILES string of the molecule is COc1ccc(/C=C/C(=O)N(C)CCOC=O)cc1. The van der Waals surface area contributed by atoms with Gasteiger partial charge in [-0.25, -0.2) is 0 Å². The quantitative estimate of drug-likeness (QED) is 0.423. The maximum Gasteiger partial charge on any atom is 0.293 e. The topological polar surface area (TPSA) is 55.8 Å². The number of rotatable bonds is 7. The minimum Gasteiger partial charge on any atom is -0.497 e.